The van der Waals surface area contributed by atoms with E-state index < -0.39 is 24.4 Å². The van der Waals surface area contributed by atoms with Gasteiger partial charge in [-0.2, -0.15) is 0 Å². The summed E-state index contributed by atoms with van der Waals surface area (Å²) in [5, 5.41) is 0.674. The number of hydrogen-bond donors (Lipinski definition) is 0. The van der Waals surface area contributed by atoms with Crippen molar-refractivity contribution in [2.45, 2.75) is 92.1 Å². The average molecular weight is 560 g/mol. The predicted octanol–water partition coefficient (Wildman–Crippen LogP) is 7.86. The molecule has 0 saturated carbocycles. The Morgan fingerprint density at radius 3 is 1.82 bits per heavy atom. The van der Waals surface area contributed by atoms with Gasteiger partial charge in [-0.1, -0.05) is 0 Å². The van der Waals surface area contributed by atoms with Gasteiger partial charge in [0.05, 0.1) is 0 Å². The van der Waals surface area contributed by atoms with E-state index in [9.17, 15) is 4.79 Å². The fourth-order valence-electron chi connectivity index (χ4n) is 4.08. The van der Waals surface area contributed by atoms with Crippen LogP contribution >= 0.6 is 15.9 Å². The van der Waals surface area contributed by atoms with Crippen molar-refractivity contribution in [1.29, 1.82) is 0 Å². The van der Waals surface area contributed by atoms with Gasteiger partial charge in [0.1, 0.15) is 0 Å². The topological polar surface area (TPSA) is 26.3 Å². The molecule has 0 radical (unpaired) electrons. The number of hydrogen-bond acceptors (Lipinski definition) is 2. The molecule has 2 atom stereocenters. The van der Waals surface area contributed by atoms with E-state index in [4.69, 9.17) is 3.07 Å². The standard InChI is InChI=1S/C12H14BrO2.3C4H9.Sn/c1-9(10(2)14)12(15,8-13)11-6-4-3-5-7-11;3*1-3-4-2;/h3-7,9H,8H2,1-2H3;3*1,3-4H2,2H3;/q-1;;;;+1. The predicted molar refractivity (Wildman–Crippen MR) is 128 cm³/mol. The van der Waals surface area contributed by atoms with Crippen LogP contribution in [0, 0.1) is 5.92 Å². The van der Waals surface area contributed by atoms with Crippen LogP contribution in [-0.4, -0.2) is 29.9 Å². The third kappa shape index (κ3) is 7.12. The van der Waals surface area contributed by atoms with Crippen LogP contribution in [0.1, 0.15) is 78.7 Å². The summed E-state index contributed by atoms with van der Waals surface area (Å²) in [6.07, 6.45) is 7.42. The van der Waals surface area contributed by atoms with Gasteiger partial charge in [0.25, 0.3) is 0 Å². The Morgan fingerprint density at radius 2 is 1.46 bits per heavy atom. The van der Waals surface area contributed by atoms with Crippen molar-refractivity contribution in [3.05, 3.63) is 35.9 Å². The van der Waals surface area contributed by atoms with E-state index in [0.29, 0.717) is 5.33 Å². The Bertz CT molecular complexity index is 541. The summed E-state index contributed by atoms with van der Waals surface area (Å²) in [6, 6.07) is 10.5. The van der Waals surface area contributed by atoms with Crippen LogP contribution in [0.25, 0.3) is 0 Å². The maximum atomic E-state index is 12.6. The molecule has 0 bridgehead atoms. The van der Waals surface area contributed by atoms with Crippen LogP contribution in [0.4, 0.5) is 0 Å². The molecule has 28 heavy (non-hydrogen) atoms. The molecule has 2 unspecified atom stereocenters. The first-order valence-corrected chi connectivity index (χ1v) is 19.6. The molecule has 0 heterocycles. The number of benzene rings is 1. The van der Waals surface area contributed by atoms with Crippen molar-refractivity contribution < 1.29 is 7.87 Å². The molecule has 0 fully saturated rings. The van der Waals surface area contributed by atoms with Gasteiger partial charge in [-0.25, -0.2) is 0 Å². The van der Waals surface area contributed by atoms with E-state index in [1.807, 2.05) is 6.07 Å². The summed E-state index contributed by atoms with van der Waals surface area (Å²) >= 11 is 0.873. The van der Waals surface area contributed by atoms with Crippen molar-refractivity contribution in [2.75, 3.05) is 5.33 Å². The quantitative estimate of drug-likeness (QED) is 0.161. The fourth-order valence-corrected chi connectivity index (χ4v) is 20.4. The number of unbranched alkanes of at least 4 members (excludes halogenated alkanes) is 3. The first-order chi connectivity index (χ1) is 13.4. The van der Waals surface area contributed by atoms with Gasteiger partial charge >= 0.3 is 188 Å². The normalized spacial score (nSPS) is 15.2. The molecule has 2 nitrogen and oxygen atoms in total. The van der Waals surface area contributed by atoms with Gasteiger partial charge in [-0.05, 0) is 0 Å². The number of alkyl halides is 1. The number of halogens is 1. The van der Waals surface area contributed by atoms with Crippen molar-refractivity contribution in [1.82, 2.24) is 0 Å². The van der Waals surface area contributed by atoms with Crippen LogP contribution in [0.2, 0.25) is 13.3 Å². The molecular weight excluding hydrogens is 519 g/mol. The van der Waals surface area contributed by atoms with Crippen LogP contribution < -0.4 is 0 Å². The van der Waals surface area contributed by atoms with Gasteiger partial charge in [0.15, 0.2) is 0 Å². The number of carbonyl (C=O) groups is 1. The fraction of sp³-hybridized carbons (Fsp3) is 0.708. The summed E-state index contributed by atoms with van der Waals surface area (Å²) in [5.41, 5.74) is 0.610. The molecule has 4 heteroatoms. The summed E-state index contributed by atoms with van der Waals surface area (Å²) < 4.78 is 11.3. The molecule has 0 spiro atoms. The van der Waals surface area contributed by atoms with Gasteiger partial charge in [-0.3, -0.25) is 0 Å². The molecular formula is C24H41BrO2Sn. The van der Waals surface area contributed by atoms with Gasteiger partial charge in [-0.15, -0.1) is 0 Å². The molecule has 0 N–H and O–H groups in total. The third-order valence-electron chi connectivity index (χ3n) is 6.13. The molecule has 1 aromatic carbocycles. The molecule has 0 aliphatic rings. The van der Waals surface area contributed by atoms with Crippen LogP contribution in [0.5, 0.6) is 0 Å². The van der Waals surface area contributed by atoms with Gasteiger partial charge in [0, 0.05) is 0 Å². The molecule has 0 aliphatic carbocycles. The second kappa shape index (κ2) is 13.4. The monoisotopic (exact) mass is 560 g/mol. The number of ketones is 1. The van der Waals surface area contributed by atoms with E-state index in [1.165, 1.54) is 51.8 Å². The Labute approximate surface area is 186 Å². The van der Waals surface area contributed by atoms with Crippen molar-refractivity contribution in [3.63, 3.8) is 0 Å². The van der Waals surface area contributed by atoms with Crippen molar-refractivity contribution in [3.8, 4) is 0 Å². The second-order valence-corrected chi connectivity index (χ2v) is 20.5. The summed E-state index contributed by atoms with van der Waals surface area (Å²) in [7, 11) is 0. The van der Waals surface area contributed by atoms with E-state index >= 15 is 0 Å². The van der Waals surface area contributed by atoms with Crippen LogP contribution in [0.15, 0.2) is 30.3 Å². The minimum absolute atomic E-state index is 0.157. The Morgan fingerprint density at radius 1 is 1.00 bits per heavy atom. The van der Waals surface area contributed by atoms with Crippen LogP contribution in [0.3, 0.4) is 0 Å². The Kier molecular flexibility index (Phi) is 12.6. The first kappa shape index (κ1) is 26.2. The zero-order valence-corrected chi connectivity index (χ0v) is 23.2. The molecule has 0 aliphatic heterocycles. The van der Waals surface area contributed by atoms with Crippen molar-refractivity contribution >= 4 is 40.5 Å². The summed E-state index contributed by atoms with van der Waals surface area (Å²) in [4.78, 5) is 12.6. The number of carbonyl (C=O) groups excluding carboxylic acids is 1. The van der Waals surface area contributed by atoms with E-state index in [1.54, 1.807) is 6.92 Å². The molecule has 0 aromatic heterocycles. The SMILES string of the molecule is CCC[CH2][Sn]([CH2]CCC)([CH2]CCC)[O]C(CBr)(c1ccccc1)C(C)C(C)=O. The van der Waals surface area contributed by atoms with Crippen molar-refractivity contribution in [2.24, 2.45) is 5.92 Å². The molecule has 0 amide bonds. The second-order valence-electron chi connectivity index (χ2n) is 8.32. The number of rotatable bonds is 15. The first-order valence-electron chi connectivity index (χ1n) is 11.2. The van der Waals surface area contributed by atoms with E-state index in [2.05, 4.69) is 67.9 Å². The summed E-state index contributed by atoms with van der Waals surface area (Å²) in [6.45, 7) is 10.6. The molecule has 1 rings (SSSR count). The number of Topliss-reactive ketones (excluding diaryl/α,β-unsaturated/α-hetero) is 1. The van der Waals surface area contributed by atoms with E-state index in [-0.39, 0.29) is 11.7 Å². The molecule has 0 saturated heterocycles. The zero-order valence-electron chi connectivity index (χ0n) is 18.7. The third-order valence-corrected chi connectivity index (χ3v) is 20.1. The Hall–Kier alpha value is 0.129. The van der Waals surface area contributed by atoms with Gasteiger partial charge in [0.2, 0.25) is 0 Å². The zero-order chi connectivity index (χ0) is 21.0. The Balaban J connectivity index is 3.46. The van der Waals surface area contributed by atoms with E-state index in [0.717, 1.165) is 5.56 Å². The van der Waals surface area contributed by atoms with Crippen LogP contribution in [-0.2, 0) is 13.5 Å². The average Bonchev–Trinajstić information content (AvgIpc) is 2.73. The maximum absolute atomic E-state index is 12.6. The van der Waals surface area contributed by atoms with Gasteiger partial charge < -0.3 is 0 Å². The molecule has 160 valence electrons. The summed E-state index contributed by atoms with van der Waals surface area (Å²) in [5.74, 6) is 0.0557. The molecule has 1 aromatic rings. The minimum atomic E-state index is -2.92.